The third kappa shape index (κ3) is 6.69. The Balaban J connectivity index is 0.976. The summed E-state index contributed by atoms with van der Waals surface area (Å²) < 4.78 is 2.64. The first-order valence-corrected chi connectivity index (χ1v) is 23.3. The van der Waals surface area contributed by atoms with Gasteiger partial charge >= 0.3 is 0 Å². The lowest BCUT2D eigenvalue weighted by atomic mass is 9.81. The minimum atomic E-state index is -0.0594. The van der Waals surface area contributed by atoms with Crippen molar-refractivity contribution < 1.29 is 0 Å². The molecule has 1 heterocycles. The summed E-state index contributed by atoms with van der Waals surface area (Å²) in [6.45, 7) is 4.71. The smallest absolute Gasteiger partial charge is 0.0540 e. The van der Waals surface area contributed by atoms with Gasteiger partial charge in [-0.3, -0.25) is 0 Å². The van der Waals surface area contributed by atoms with Gasteiger partial charge in [-0.15, -0.1) is 11.3 Å². The summed E-state index contributed by atoms with van der Waals surface area (Å²) in [6, 6.07) is 87.1. The first-order valence-electron chi connectivity index (χ1n) is 22.5. The zero-order chi connectivity index (χ0) is 43.5. The fourth-order valence-corrected chi connectivity index (χ4v) is 11.4. The van der Waals surface area contributed by atoms with Crippen LogP contribution in [0.15, 0.2) is 237 Å². The van der Waals surface area contributed by atoms with Crippen LogP contribution < -0.4 is 4.90 Å². The Morgan fingerprint density at radius 2 is 0.785 bits per heavy atom. The highest BCUT2D eigenvalue weighted by Crippen LogP contribution is 2.50. The summed E-state index contributed by atoms with van der Waals surface area (Å²) in [7, 11) is 0. The van der Waals surface area contributed by atoms with Crippen molar-refractivity contribution in [2.45, 2.75) is 19.3 Å². The second-order valence-electron chi connectivity index (χ2n) is 17.6. The molecule has 12 rings (SSSR count). The number of thiophene rings is 1. The Morgan fingerprint density at radius 1 is 0.308 bits per heavy atom. The molecule has 0 unspecified atom stereocenters. The van der Waals surface area contributed by atoms with Crippen molar-refractivity contribution in [2.24, 2.45) is 0 Å². The number of anilines is 3. The Hall–Kier alpha value is -7.78. The number of rotatable bonds is 8. The molecule has 65 heavy (non-hydrogen) atoms. The van der Waals surface area contributed by atoms with Crippen LogP contribution >= 0.6 is 11.3 Å². The highest BCUT2D eigenvalue weighted by molar-refractivity contribution is 7.25. The molecule has 2 heteroatoms. The number of benzene rings is 10. The van der Waals surface area contributed by atoms with Gasteiger partial charge in [-0.05, 0) is 121 Å². The van der Waals surface area contributed by atoms with Gasteiger partial charge in [0.2, 0.25) is 0 Å². The summed E-state index contributed by atoms with van der Waals surface area (Å²) in [6.07, 6.45) is 0. The predicted molar refractivity (Wildman–Crippen MR) is 279 cm³/mol. The summed E-state index contributed by atoms with van der Waals surface area (Å²) in [5.41, 5.74) is 20.7. The van der Waals surface area contributed by atoms with Crippen molar-refractivity contribution in [1.82, 2.24) is 0 Å². The number of fused-ring (bicyclic) bond motifs is 6. The van der Waals surface area contributed by atoms with Gasteiger partial charge in [-0.1, -0.05) is 202 Å². The van der Waals surface area contributed by atoms with Crippen molar-refractivity contribution in [3.63, 3.8) is 0 Å². The zero-order valence-corrected chi connectivity index (χ0v) is 37.2. The summed E-state index contributed by atoms with van der Waals surface area (Å²) in [5.74, 6) is 0. The van der Waals surface area contributed by atoms with E-state index in [-0.39, 0.29) is 5.41 Å². The van der Waals surface area contributed by atoms with Crippen LogP contribution in [0.2, 0.25) is 0 Å². The molecule has 0 saturated heterocycles. The van der Waals surface area contributed by atoms with Crippen molar-refractivity contribution >= 4 is 48.6 Å². The Kier molecular flexibility index (Phi) is 9.44. The molecule has 0 bridgehead atoms. The quantitative estimate of drug-likeness (QED) is 0.147. The normalized spacial score (nSPS) is 12.6. The molecule has 308 valence electrons. The van der Waals surface area contributed by atoms with E-state index in [1.54, 1.807) is 0 Å². The van der Waals surface area contributed by atoms with Crippen LogP contribution in [0.25, 0.3) is 86.9 Å². The minimum Gasteiger partial charge on any atom is -0.310 e. The summed E-state index contributed by atoms with van der Waals surface area (Å²) in [4.78, 5) is 2.43. The number of para-hydroxylation sites is 1. The van der Waals surface area contributed by atoms with Crippen LogP contribution in [0.1, 0.15) is 25.0 Å². The molecular weight excluding hydrogens is 803 g/mol. The largest absolute Gasteiger partial charge is 0.310 e. The van der Waals surface area contributed by atoms with E-state index in [2.05, 4.69) is 255 Å². The van der Waals surface area contributed by atoms with E-state index >= 15 is 0 Å². The van der Waals surface area contributed by atoms with Crippen LogP contribution in [0.5, 0.6) is 0 Å². The standard InChI is InChI=1S/C63H45NS/c1-63(2)58-25-13-10-22-53(58)54-38-32-45(40-59(54)63)42-28-34-47(35-29-42)64(48-36-30-43(31-37-48)46-33-39-57-56-24-12-15-27-61(56)65-62(57)41-46)60-26-14-11-23-55(60)52-21-9-8-20-51(52)50-19-7-6-18-49(50)44-16-4-3-5-17-44/h3-41H,1-2H3. The van der Waals surface area contributed by atoms with E-state index in [0.717, 1.165) is 22.6 Å². The third-order valence-electron chi connectivity index (χ3n) is 13.5. The summed E-state index contributed by atoms with van der Waals surface area (Å²) in [5, 5.41) is 2.64. The average Bonchev–Trinajstić information content (AvgIpc) is 3.86. The van der Waals surface area contributed by atoms with Crippen LogP contribution in [0.3, 0.4) is 0 Å². The van der Waals surface area contributed by atoms with E-state index in [1.165, 1.54) is 92.5 Å². The topological polar surface area (TPSA) is 3.24 Å². The Morgan fingerprint density at radius 3 is 1.49 bits per heavy atom. The second-order valence-corrected chi connectivity index (χ2v) is 18.7. The molecular formula is C63H45NS. The SMILES string of the molecule is CC1(C)c2ccccc2-c2ccc(-c3ccc(N(c4ccc(-c5ccc6c(c5)sc5ccccc56)cc4)c4ccccc4-c4ccccc4-c4ccccc4-c4ccccc4)cc3)cc21. The molecule has 1 nitrogen and oxygen atoms in total. The molecule has 0 radical (unpaired) electrons. The molecule has 0 aliphatic heterocycles. The molecule has 0 spiro atoms. The van der Waals surface area contributed by atoms with E-state index in [4.69, 9.17) is 0 Å². The van der Waals surface area contributed by atoms with Gasteiger partial charge in [-0.2, -0.15) is 0 Å². The second kappa shape index (κ2) is 15.8. The number of hydrogen-bond donors (Lipinski definition) is 0. The maximum Gasteiger partial charge on any atom is 0.0540 e. The van der Waals surface area contributed by atoms with Gasteiger partial charge in [0.05, 0.1) is 5.69 Å². The van der Waals surface area contributed by atoms with Crippen molar-refractivity contribution in [1.29, 1.82) is 0 Å². The van der Waals surface area contributed by atoms with Crippen LogP contribution in [0, 0.1) is 0 Å². The fourth-order valence-electron chi connectivity index (χ4n) is 10.3. The van der Waals surface area contributed by atoms with Crippen molar-refractivity contribution in [3.05, 3.63) is 248 Å². The molecule has 0 amide bonds. The lowest BCUT2D eigenvalue weighted by Gasteiger charge is -2.29. The Labute approximate surface area is 385 Å². The van der Waals surface area contributed by atoms with Gasteiger partial charge in [0.1, 0.15) is 0 Å². The molecule has 0 N–H and O–H groups in total. The number of nitrogens with zero attached hydrogens (tertiary/aromatic N) is 1. The highest BCUT2D eigenvalue weighted by atomic mass is 32.1. The predicted octanol–water partition coefficient (Wildman–Crippen LogP) is 18.2. The molecule has 1 aliphatic carbocycles. The first-order chi connectivity index (χ1) is 32.0. The highest BCUT2D eigenvalue weighted by Gasteiger charge is 2.35. The van der Waals surface area contributed by atoms with Crippen LogP contribution in [0.4, 0.5) is 17.1 Å². The molecule has 11 aromatic rings. The van der Waals surface area contributed by atoms with E-state index in [9.17, 15) is 0 Å². The molecule has 1 aliphatic rings. The van der Waals surface area contributed by atoms with Crippen LogP contribution in [-0.2, 0) is 5.41 Å². The van der Waals surface area contributed by atoms with Gasteiger partial charge in [0, 0.05) is 42.5 Å². The number of hydrogen-bond acceptors (Lipinski definition) is 2. The van der Waals surface area contributed by atoms with E-state index in [1.807, 2.05) is 11.3 Å². The lowest BCUT2D eigenvalue weighted by Crippen LogP contribution is -2.14. The monoisotopic (exact) mass is 847 g/mol. The fraction of sp³-hybridized carbons (Fsp3) is 0.0476. The maximum atomic E-state index is 2.43. The van der Waals surface area contributed by atoms with Gasteiger partial charge < -0.3 is 4.90 Å². The minimum absolute atomic E-state index is 0.0594. The van der Waals surface area contributed by atoms with Crippen molar-refractivity contribution in [3.8, 4) is 66.8 Å². The third-order valence-corrected chi connectivity index (χ3v) is 14.7. The first kappa shape index (κ1) is 38.9. The molecule has 0 saturated carbocycles. The lowest BCUT2D eigenvalue weighted by molar-refractivity contribution is 0.660. The summed E-state index contributed by atoms with van der Waals surface area (Å²) >= 11 is 1.87. The van der Waals surface area contributed by atoms with Gasteiger partial charge in [-0.25, -0.2) is 0 Å². The van der Waals surface area contributed by atoms with E-state index in [0.29, 0.717) is 0 Å². The average molecular weight is 848 g/mol. The maximum absolute atomic E-state index is 2.43. The zero-order valence-electron chi connectivity index (χ0n) is 36.4. The van der Waals surface area contributed by atoms with Gasteiger partial charge in [0.25, 0.3) is 0 Å². The van der Waals surface area contributed by atoms with E-state index < -0.39 is 0 Å². The molecule has 10 aromatic carbocycles. The van der Waals surface area contributed by atoms with Crippen molar-refractivity contribution in [2.75, 3.05) is 4.90 Å². The van der Waals surface area contributed by atoms with Gasteiger partial charge in [0.15, 0.2) is 0 Å². The molecule has 1 aromatic heterocycles. The molecule has 0 atom stereocenters. The Bertz CT molecular complexity index is 3560. The van der Waals surface area contributed by atoms with Crippen LogP contribution in [-0.4, -0.2) is 0 Å². The molecule has 0 fully saturated rings.